The van der Waals surface area contributed by atoms with Crippen molar-refractivity contribution in [1.82, 2.24) is 4.90 Å². The van der Waals surface area contributed by atoms with Gasteiger partial charge in [-0.15, -0.1) is 0 Å². The Kier molecular flexibility index (Phi) is 5.05. The molecular formula is C18H25NO2. The summed E-state index contributed by atoms with van der Waals surface area (Å²) < 4.78 is 5.10. The van der Waals surface area contributed by atoms with Crippen molar-refractivity contribution in [3.8, 4) is 0 Å². The van der Waals surface area contributed by atoms with Crippen molar-refractivity contribution in [2.45, 2.75) is 40.5 Å². The lowest BCUT2D eigenvalue weighted by Gasteiger charge is -2.27. The van der Waals surface area contributed by atoms with E-state index in [9.17, 15) is 4.79 Å². The van der Waals surface area contributed by atoms with E-state index in [4.69, 9.17) is 4.74 Å². The van der Waals surface area contributed by atoms with Crippen LogP contribution in [0.4, 0.5) is 4.79 Å². The number of carbonyl (C=O) groups is 1. The lowest BCUT2D eigenvalue weighted by atomic mass is 9.98. The van der Waals surface area contributed by atoms with Crippen molar-refractivity contribution in [1.29, 1.82) is 0 Å². The van der Waals surface area contributed by atoms with E-state index in [1.54, 1.807) is 0 Å². The van der Waals surface area contributed by atoms with Crippen LogP contribution in [0.5, 0.6) is 0 Å². The number of amides is 1. The fraction of sp³-hybridized carbons (Fsp3) is 0.500. The van der Waals surface area contributed by atoms with Crippen LogP contribution in [-0.4, -0.2) is 30.7 Å². The molecule has 1 aliphatic carbocycles. The van der Waals surface area contributed by atoms with Crippen molar-refractivity contribution < 1.29 is 9.53 Å². The summed E-state index contributed by atoms with van der Waals surface area (Å²) in [5, 5.41) is 0. The number of nitrogens with zero attached hydrogens (tertiary/aromatic N) is 1. The molecule has 1 aromatic carbocycles. The molecule has 1 amide bonds. The van der Waals surface area contributed by atoms with E-state index in [2.05, 4.69) is 25.1 Å². The van der Waals surface area contributed by atoms with E-state index in [0.29, 0.717) is 6.61 Å². The van der Waals surface area contributed by atoms with Crippen molar-refractivity contribution in [2.75, 3.05) is 19.7 Å². The van der Waals surface area contributed by atoms with Gasteiger partial charge in [0.25, 0.3) is 0 Å². The van der Waals surface area contributed by atoms with Crippen molar-refractivity contribution in [2.24, 2.45) is 0 Å². The number of fused-ring (bicyclic) bond motifs is 2. The van der Waals surface area contributed by atoms with Crippen LogP contribution in [0.2, 0.25) is 0 Å². The minimum absolute atomic E-state index is 0.179. The molecule has 114 valence electrons. The quantitative estimate of drug-likeness (QED) is 0.775. The monoisotopic (exact) mass is 287 g/mol. The van der Waals surface area contributed by atoms with Gasteiger partial charge in [-0.3, -0.25) is 0 Å². The fourth-order valence-corrected chi connectivity index (χ4v) is 3.12. The molecule has 0 spiro atoms. The molecule has 0 bridgehead atoms. The van der Waals surface area contributed by atoms with Gasteiger partial charge >= 0.3 is 6.09 Å². The Hall–Kier alpha value is -1.77. The summed E-state index contributed by atoms with van der Waals surface area (Å²) in [5.41, 5.74) is 7.05. The Morgan fingerprint density at radius 1 is 1.33 bits per heavy atom. The molecule has 0 N–H and O–H groups in total. The molecule has 0 radical (unpaired) electrons. The average Bonchev–Trinajstić information content (AvgIpc) is 2.89. The maximum absolute atomic E-state index is 11.8. The standard InChI is InChI=1S/C16H19NO2.C2H6/c1-3-19-16(18)17-8-7-13-12(10-17)9-15-11(2)5-4-6-14(13)15;1-2/h4-6H,3,7-10H2,1-2H3;1-2H3. The predicted molar refractivity (Wildman–Crippen MR) is 86.4 cm³/mol. The van der Waals surface area contributed by atoms with Gasteiger partial charge in [0.05, 0.1) is 6.61 Å². The van der Waals surface area contributed by atoms with E-state index in [1.165, 1.54) is 27.8 Å². The fourth-order valence-electron chi connectivity index (χ4n) is 3.12. The summed E-state index contributed by atoms with van der Waals surface area (Å²) in [6, 6.07) is 6.51. The zero-order valence-electron chi connectivity index (χ0n) is 13.5. The van der Waals surface area contributed by atoms with Gasteiger partial charge in [-0.2, -0.15) is 0 Å². The van der Waals surface area contributed by atoms with E-state index in [0.717, 1.165) is 25.9 Å². The molecule has 1 aliphatic heterocycles. The molecule has 0 fully saturated rings. The first-order chi connectivity index (χ1) is 10.2. The van der Waals surface area contributed by atoms with Crippen LogP contribution in [0.1, 0.15) is 43.9 Å². The number of hydrogen-bond acceptors (Lipinski definition) is 2. The van der Waals surface area contributed by atoms with Crippen LogP contribution < -0.4 is 0 Å². The second-order valence-corrected chi connectivity index (χ2v) is 5.23. The second kappa shape index (κ2) is 6.79. The second-order valence-electron chi connectivity index (χ2n) is 5.23. The largest absolute Gasteiger partial charge is 0.450 e. The van der Waals surface area contributed by atoms with Crippen molar-refractivity contribution >= 4 is 11.7 Å². The first kappa shape index (κ1) is 15.6. The summed E-state index contributed by atoms with van der Waals surface area (Å²) in [4.78, 5) is 13.6. The molecule has 1 heterocycles. The third kappa shape index (κ3) is 2.97. The molecule has 3 heteroatoms. The van der Waals surface area contributed by atoms with E-state index < -0.39 is 0 Å². The molecule has 21 heavy (non-hydrogen) atoms. The number of aryl methyl sites for hydroxylation is 1. The third-order valence-corrected chi connectivity index (χ3v) is 4.09. The first-order valence-electron chi connectivity index (χ1n) is 7.92. The molecule has 0 saturated heterocycles. The molecule has 3 nitrogen and oxygen atoms in total. The van der Waals surface area contributed by atoms with Crippen LogP contribution in [0, 0.1) is 6.92 Å². The smallest absolute Gasteiger partial charge is 0.410 e. The van der Waals surface area contributed by atoms with Crippen LogP contribution in [0.25, 0.3) is 5.57 Å². The first-order valence-corrected chi connectivity index (χ1v) is 7.92. The Bertz CT molecular complexity index is 560. The van der Waals surface area contributed by atoms with Crippen LogP contribution in [0.3, 0.4) is 0 Å². The summed E-state index contributed by atoms with van der Waals surface area (Å²) >= 11 is 0. The molecule has 1 aromatic rings. The van der Waals surface area contributed by atoms with Crippen molar-refractivity contribution in [3.05, 3.63) is 40.5 Å². The van der Waals surface area contributed by atoms with E-state index in [1.807, 2.05) is 25.7 Å². The van der Waals surface area contributed by atoms with Gasteiger partial charge in [-0.1, -0.05) is 32.0 Å². The highest BCUT2D eigenvalue weighted by molar-refractivity contribution is 5.80. The molecule has 0 unspecified atom stereocenters. The Morgan fingerprint density at radius 2 is 2.10 bits per heavy atom. The normalized spacial score (nSPS) is 15.9. The summed E-state index contributed by atoms with van der Waals surface area (Å²) in [5.74, 6) is 0. The maximum atomic E-state index is 11.8. The molecule has 0 saturated carbocycles. The van der Waals surface area contributed by atoms with Gasteiger partial charge in [0.2, 0.25) is 0 Å². The number of benzene rings is 1. The van der Waals surface area contributed by atoms with Gasteiger partial charge in [0.1, 0.15) is 0 Å². The Morgan fingerprint density at radius 3 is 2.81 bits per heavy atom. The minimum atomic E-state index is -0.179. The summed E-state index contributed by atoms with van der Waals surface area (Å²) in [6.07, 6.45) is 1.76. The molecule has 3 rings (SSSR count). The minimum Gasteiger partial charge on any atom is -0.450 e. The van der Waals surface area contributed by atoms with Gasteiger partial charge in [-0.05, 0) is 54.5 Å². The van der Waals surface area contributed by atoms with Gasteiger partial charge in [0, 0.05) is 13.1 Å². The zero-order chi connectivity index (χ0) is 15.4. The highest BCUT2D eigenvalue weighted by Gasteiger charge is 2.29. The van der Waals surface area contributed by atoms with Gasteiger partial charge < -0.3 is 9.64 Å². The highest BCUT2D eigenvalue weighted by atomic mass is 16.6. The molecule has 0 atom stereocenters. The highest BCUT2D eigenvalue weighted by Crippen LogP contribution is 2.39. The molecule has 2 aliphatic rings. The number of hydrogen-bond donors (Lipinski definition) is 0. The predicted octanol–water partition coefficient (Wildman–Crippen LogP) is 4.19. The van der Waals surface area contributed by atoms with E-state index >= 15 is 0 Å². The summed E-state index contributed by atoms with van der Waals surface area (Å²) in [6.45, 7) is 9.95. The Labute approximate surface area is 127 Å². The van der Waals surface area contributed by atoms with Crippen LogP contribution in [-0.2, 0) is 11.2 Å². The molecular weight excluding hydrogens is 262 g/mol. The number of carbonyl (C=O) groups excluding carboxylic acids is 1. The summed E-state index contributed by atoms with van der Waals surface area (Å²) in [7, 11) is 0. The zero-order valence-corrected chi connectivity index (χ0v) is 13.5. The Balaban J connectivity index is 0.000000774. The van der Waals surface area contributed by atoms with Crippen LogP contribution in [0.15, 0.2) is 23.8 Å². The SMILES string of the molecule is CC.CCOC(=O)N1CCC2=C(Cc3c(C)cccc32)C1. The van der Waals surface area contributed by atoms with Gasteiger partial charge in [-0.25, -0.2) is 4.79 Å². The van der Waals surface area contributed by atoms with Crippen molar-refractivity contribution in [3.63, 3.8) is 0 Å². The lowest BCUT2D eigenvalue weighted by Crippen LogP contribution is -2.36. The lowest BCUT2D eigenvalue weighted by molar-refractivity contribution is 0.110. The van der Waals surface area contributed by atoms with Gasteiger partial charge in [0.15, 0.2) is 0 Å². The third-order valence-electron chi connectivity index (χ3n) is 4.09. The average molecular weight is 287 g/mol. The maximum Gasteiger partial charge on any atom is 0.410 e. The van der Waals surface area contributed by atoms with E-state index in [-0.39, 0.29) is 6.09 Å². The van der Waals surface area contributed by atoms with Crippen LogP contribution >= 0.6 is 0 Å². The molecule has 0 aromatic heterocycles. The topological polar surface area (TPSA) is 29.5 Å². The number of ether oxygens (including phenoxy) is 1. The number of rotatable bonds is 1.